The van der Waals surface area contributed by atoms with Gasteiger partial charge in [-0.15, -0.1) is 0 Å². The van der Waals surface area contributed by atoms with Crippen LogP contribution in [0.15, 0.2) is 0 Å². The summed E-state index contributed by atoms with van der Waals surface area (Å²) in [6.45, 7) is 9.16. The molecule has 0 atom stereocenters. The molecule has 1 N–H and O–H groups in total. The largest absolute Gasteiger partial charge is 0.316 e. The Kier molecular flexibility index (Phi) is 7.19. The SMILES string of the molecule is CC(C)CNCCCCCN1CCS(=O)(=O)CC1. The second-order valence-corrected chi connectivity index (χ2v) is 7.96. The van der Waals surface area contributed by atoms with E-state index in [9.17, 15) is 8.42 Å². The number of rotatable bonds is 8. The molecule has 0 amide bonds. The van der Waals surface area contributed by atoms with Gasteiger partial charge in [0.15, 0.2) is 9.84 Å². The predicted molar refractivity (Wildman–Crippen MR) is 76.7 cm³/mol. The summed E-state index contributed by atoms with van der Waals surface area (Å²) in [5.74, 6) is 1.42. The highest BCUT2D eigenvalue weighted by molar-refractivity contribution is 7.91. The third kappa shape index (κ3) is 7.34. The van der Waals surface area contributed by atoms with Crippen molar-refractivity contribution in [3.63, 3.8) is 0 Å². The minimum Gasteiger partial charge on any atom is -0.316 e. The third-order valence-electron chi connectivity index (χ3n) is 3.32. The molecule has 0 aliphatic carbocycles. The molecule has 0 aromatic carbocycles. The van der Waals surface area contributed by atoms with Crippen LogP contribution in [-0.4, -0.2) is 57.5 Å². The molecule has 0 unspecified atom stereocenters. The lowest BCUT2D eigenvalue weighted by Crippen LogP contribution is -2.40. The van der Waals surface area contributed by atoms with E-state index in [2.05, 4.69) is 24.1 Å². The van der Waals surface area contributed by atoms with Gasteiger partial charge in [0.25, 0.3) is 0 Å². The third-order valence-corrected chi connectivity index (χ3v) is 4.93. The van der Waals surface area contributed by atoms with Crippen molar-refractivity contribution in [1.82, 2.24) is 10.2 Å². The van der Waals surface area contributed by atoms with Gasteiger partial charge in [0.2, 0.25) is 0 Å². The minimum atomic E-state index is -2.72. The highest BCUT2D eigenvalue weighted by Crippen LogP contribution is 2.05. The summed E-state index contributed by atoms with van der Waals surface area (Å²) in [4.78, 5) is 2.28. The van der Waals surface area contributed by atoms with Crippen LogP contribution in [0.3, 0.4) is 0 Å². The summed E-state index contributed by atoms with van der Waals surface area (Å²) < 4.78 is 22.5. The van der Waals surface area contributed by atoms with Crippen LogP contribution in [0.4, 0.5) is 0 Å². The van der Waals surface area contributed by atoms with Crippen LogP contribution in [0.25, 0.3) is 0 Å². The number of unbranched alkanes of at least 4 members (excludes halogenated alkanes) is 2. The molecule has 1 aliphatic rings. The van der Waals surface area contributed by atoms with E-state index < -0.39 is 9.84 Å². The summed E-state index contributed by atoms with van der Waals surface area (Å²) in [7, 11) is -2.72. The van der Waals surface area contributed by atoms with Crippen molar-refractivity contribution in [2.24, 2.45) is 5.92 Å². The molecule has 0 spiro atoms. The van der Waals surface area contributed by atoms with Gasteiger partial charge in [-0.1, -0.05) is 20.3 Å². The maximum atomic E-state index is 11.3. The van der Waals surface area contributed by atoms with Crippen molar-refractivity contribution in [1.29, 1.82) is 0 Å². The Hall–Kier alpha value is -0.130. The Morgan fingerprint density at radius 2 is 1.78 bits per heavy atom. The van der Waals surface area contributed by atoms with E-state index in [4.69, 9.17) is 0 Å². The zero-order chi connectivity index (χ0) is 13.4. The summed E-state index contributed by atoms with van der Waals surface area (Å²) in [6, 6.07) is 0. The Balaban J connectivity index is 1.93. The van der Waals surface area contributed by atoms with E-state index in [-0.39, 0.29) is 0 Å². The molecule has 1 fully saturated rings. The van der Waals surface area contributed by atoms with Gasteiger partial charge in [0, 0.05) is 13.1 Å². The standard InChI is InChI=1S/C13H28N2O2S/c1-13(2)12-14-6-4-3-5-7-15-8-10-18(16,17)11-9-15/h13-14H,3-12H2,1-2H3. The summed E-state index contributed by atoms with van der Waals surface area (Å²) in [5, 5.41) is 3.44. The Morgan fingerprint density at radius 3 is 2.39 bits per heavy atom. The highest BCUT2D eigenvalue weighted by atomic mass is 32.2. The number of hydrogen-bond acceptors (Lipinski definition) is 4. The van der Waals surface area contributed by atoms with Crippen molar-refractivity contribution >= 4 is 9.84 Å². The first-order chi connectivity index (χ1) is 8.49. The van der Waals surface area contributed by atoms with Crippen molar-refractivity contribution in [2.75, 3.05) is 44.2 Å². The van der Waals surface area contributed by atoms with Gasteiger partial charge < -0.3 is 10.2 Å². The molecule has 5 heteroatoms. The molecule has 1 aliphatic heterocycles. The maximum absolute atomic E-state index is 11.3. The predicted octanol–water partition coefficient (Wildman–Crippen LogP) is 1.13. The molecule has 1 rings (SSSR count). The number of sulfone groups is 1. The first-order valence-electron chi connectivity index (χ1n) is 7.13. The molecule has 1 heterocycles. The van der Waals surface area contributed by atoms with E-state index in [1.807, 2.05) is 0 Å². The van der Waals surface area contributed by atoms with Crippen LogP contribution in [0.5, 0.6) is 0 Å². The number of hydrogen-bond donors (Lipinski definition) is 1. The first-order valence-corrected chi connectivity index (χ1v) is 8.95. The molecule has 0 aromatic heterocycles. The van der Waals surface area contributed by atoms with Crippen LogP contribution >= 0.6 is 0 Å². The van der Waals surface area contributed by atoms with E-state index in [0.29, 0.717) is 11.5 Å². The van der Waals surface area contributed by atoms with Gasteiger partial charge in [-0.05, 0) is 38.4 Å². The quantitative estimate of drug-likeness (QED) is 0.675. The lowest BCUT2D eigenvalue weighted by Gasteiger charge is -2.26. The lowest BCUT2D eigenvalue weighted by atomic mass is 10.2. The Labute approximate surface area is 112 Å². The van der Waals surface area contributed by atoms with Gasteiger partial charge >= 0.3 is 0 Å². The smallest absolute Gasteiger partial charge is 0.152 e. The average Bonchev–Trinajstić information content (AvgIpc) is 2.29. The van der Waals surface area contributed by atoms with Gasteiger partial charge in [-0.2, -0.15) is 0 Å². The molecular formula is C13H28N2O2S. The van der Waals surface area contributed by atoms with Crippen LogP contribution in [-0.2, 0) is 9.84 Å². The molecule has 0 aromatic rings. The zero-order valence-corrected chi connectivity index (χ0v) is 12.6. The molecule has 108 valence electrons. The summed E-state index contributed by atoms with van der Waals surface area (Å²) in [6.07, 6.45) is 3.64. The van der Waals surface area contributed by atoms with Gasteiger partial charge in [-0.25, -0.2) is 8.42 Å². The molecule has 0 saturated carbocycles. The molecule has 0 radical (unpaired) electrons. The fourth-order valence-electron chi connectivity index (χ4n) is 2.13. The molecule has 0 bridgehead atoms. The first kappa shape index (κ1) is 15.9. The van der Waals surface area contributed by atoms with Crippen molar-refractivity contribution in [3.8, 4) is 0 Å². The maximum Gasteiger partial charge on any atom is 0.152 e. The summed E-state index contributed by atoms with van der Waals surface area (Å²) >= 11 is 0. The van der Waals surface area contributed by atoms with Crippen molar-refractivity contribution in [2.45, 2.75) is 33.1 Å². The van der Waals surface area contributed by atoms with Crippen LogP contribution in [0.1, 0.15) is 33.1 Å². The molecule has 1 saturated heterocycles. The normalized spacial score (nSPS) is 20.4. The number of nitrogens with one attached hydrogen (secondary N) is 1. The number of nitrogens with zero attached hydrogens (tertiary/aromatic N) is 1. The fourth-order valence-corrected chi connectivity index (χ4v) is 3.40. The fraction of sp³-hybridized carbons (Fsp3) is 1.00. The van der Waals surface area contributed by atoms with Gasteiger partial charge in [0.05, 0.1) is 11.5 Å². The van der Waals surface area contributed by atoms with Crippen LogP contribution < -0.4 is 5.32 Å². The summed E-state index contributed by atoms with van der Waals surface area (Å²) in [5.41, 5.74) is 0. The lowest BCUT2D eigenvalue weighted by molar-refractivity contribution is 0.288. The zero-order valence-electron chi connectivity index (χ0n) is 11.8. The second kappa shape index (κ2) is 8.12. The molecule has 18 heavy (non-hydrogen) atoms. The second-order valence-electron chi connectivity index (χ2n) is 5.65. The monoisotopic (exact) mass is 276 g/mol. The van der Waals surface area contributed by atoms with Crippen LogP contribution in [0, 0.1) is 5.92 Å². The van der Waals surface area contributed by atoms with Crippen molar-refractivity contribution < 1.29 is 8.42 Å². The highest BCUT2D eigenvalue weighted by Gasteiger charge is 2.20. The van der Waals surface area contributed by atoms with E-state index in [1.165, 1.54) is 19.3 Å². The van der Waals surface area contributed by atoms with Crippen molar-refractivity contribution in [3.05, 3.63) is 0 Å². The topological polar surface area (TPSA) is 49.4 Å². The Morgan fingerprint density at radius 1 is 1.11 bits per heavy atom. The van der Waals surface area contributed by atoms with E-state index >= 15 is 0 Å². The minimum absolute atomic E-state index is 0.350. The average molecular weight is 276 g/mol. The molecule has 4 nitrogen and oxygen atoms in total. The van der Waals surface area contributed by atoms with Crippen LogP contribution in [0.2, 0.25) is 0 Å². The van der Waals surface area contributed by atoms with E-state index in [0.717, 1.165) is 38.6 Å². The Bertz CT molecular complexity index is 301. The van der Waals surface area contributed by atoms with Gasteiger partial charge in [0.1, 0.15) is 0 Å². The van der Waals surface area contributed by atoms with Gasteiger partial charge in [-0.3, -0.25) is 0 Å². The van der Waals surface area contributed by atoms with E-state index in [1.54, 1.807) is 0 Å². The molecular weight excluding hydrogens is 248 g/mol.